The number of nitrogens with one attached hydrogen (secondary N) is 2. The number of aromatic nitrogens is 1. The number of hydrogen-bond acceptors (Lipinski definition) is 5. The molecule has 0 bridgehead atoms. The summed E-state index contributed by atoms with van der Waals surface area (Å²) in [4.78, 5) is 16.5. The normalized spacial score (nSPS) is 15.7. The van der Waals surface area contributed by atoms with Crippen molar-refractivity contribution >= 4 is 28.2 Å². The topological polar surface area (TPSA) is 80.0 Å². The summed E-state index contributed by atoms with van der Waals surface area (Å²) in [5, 5.41) is 6.82. The minimum Gasteiger partial charge on any atom is -0.382 e. The Balaban J connectivity index is 2.09. The van der Waals surface area contributed by atoms with E-state index < -0.39 is 0 Å². The van der Waals surface area contributed by atoms with Gasteiger partial charge in [0.25, 0.3) is 5.91 Å². The van der Waals surface area contributed by atoms with E-state index in [1.54, 1.807) is 0 Å². The third-order valence-electron chi connectivity index (χ3n) is 2.25. The first-order chi connectivity index (χ1) is 7.85. The zero-order valence-electron chi connectivity index (χ0n) is 10.3. The van der Waals surface area contributed by atoms with Crippen LogP contribution in [0, 0.1) is 0 Å². The highest BCUT2D eigenvalue weighted by Crippen LogP contribution is 2.28. The smallest absolute Gasteiger partial charge is 0.265 e. The standard InChI is InChI=1S/C11H18N4OS/c1-11(2,3)15-10-14-8(12)7(17-10)9(16)13-6-4-5-6/h6H,4-5,12H2,1-3H3,(H,13,16)(H,14,15). The second-order valence-electron chi connectivity index (χ2n) is 5.36. The fourth-order valence-electron chi connectivity index (χ4n) is 1.35. The van der Waals surface area contributed by atoms with Gasteiger partial charge in [0.2, 0.25) is 0 Å². The predicted octanol–water partition coefficient (Wildman–Crippen LogP) is 1.83. The number of hydrogen-bond donors (Lipinski definition) is 3. The first kappa shape index (κ1) is 12.2. The number of nitrogens with zero attached hydrogens (tertiary/aromatic N) is 1. The molecule has 17 heavy (non-hydrogen) atoms. The zero-order valence-corrected chi connectivity index (χ0v) is 11.1. The Morgan fingerprint density at radius 3 is 2.65 bits per heavy atom. The van der Waals surface area contributed by atoms with E-state index in [-0.39, 0.29) is 11.4 Å². The van der Waals surface area contributed by atoms with Crippen LogP contribution in [0.25, 0.3) is 0 Å². The summed E-state index contributed by atoms with van der Waals surface area (Å²) >= 11 is 1.30. The summed E-state index contributed by atoms with van der Waals surface area (Å²) in [6.45, 7) is 6.11. The summed E-state index contributed by atoms with van der Waals surface area (Å²) in [7, 11) is 0. The van der Waals surface area contributed by atoms with Crippen LogP contribution in [0.3, 0.4) is 0 Å². The van der Waals surface area contributed by atoms with Crippen molar-refractivity contribution in [3.63, 3.8) is 0 Å². The Morgan fingerprint density at radius 1 is 1.47 bits per heavy atom. The molecule has 6 heteroatoms. The summed E-state index contributed by atoms with van der Waals surface area (Å²) in [6.07, 6.45) is 2.13. The number of carbonyl (C=O) groups excluding carboxylic acids is 1. The molecule has 1 fully saturated rings. The monoisotopic (exact) mass is 254 g/mol. The molecule has 0 unspecified atom stereocenters. The molecule has 0 radical (unpaired) electrons. The molecule has 1 aliphatic carbocycles. The number of thiazole rings is 1. The SMILES string of the molecule is CC(C)(C)Nc1nc(N)c(C(=O)NC2CC2)s1. The Bertz CT molecular complexity index is 431. The molecule has 4 N–H and O–H groups in total. The van der Waals surface area contributed by atoms with Crippen LogP contribution in [-0.4, -0.2) is 22.5 Å². The molecule has 0 aromatic carbocycles. The number of nitrogens with two attached hydrogens (primary N) is 1. The van der Waals surface area contributed by atoms with Gasteiger partial charge >= 0.3 is 0 Å². The number of amides is 1. The molecular formula is C11H18N4OS. The fraction of sp³-hybridized carbons (Fsp3) is 0.636. The minimum absolute atomic E-state index is 0.0888. The molecule has 0 spiro atoms. The molecule has 1 aliphatic rings. The lowest BCUT2D eigenvalue weighted by Gasteiger charge is -2.19. The van der Waals surface area contributed by atoms with Gasteiger partial charge in [-0.3, -0.25) is 4.79 Å². The number of nitrogen functional groups attached to an aromatic ring is 1. The Kier molecular flexibility index (Phi) is 2.99. The molecule has 1 saturated carbocycles. The number of rotatable bonds is 3. The van der Waals surface area contributed by atoms with E-state index >= 15 is 0 Å². The van der Waals surface area contributed by atoms with Gasteiger partial charge in [0.1, 0.15) is 10.7 Å². The summed E-state index contributed by atoms with van der Waals surface area (Å²) in [6, 6.07) is 0.336. The van der Waals surface area contributed by atoms with Crippen molar-refractivity contribution in [1.82, 2.24) is 10.3 Å². The van der Waals surface area contributed by atoms with Crippen molar-refractivity contribution in [1.29, 1.82) is 0 Å². The lowest BCUT2D eigenvalue weighted by molar-refractivity contribution is 0.0956. The van der Waals surface area contributed by atoms with Crippen LogP contribution in [0.15, 0.2) is 0 Å². The van der Waals surface area contributed by atoms with Crippen molar-refractivity contribution in [3.8, 4) is 0 Å². The van der Waals surface area contributed by atoms with Crippen molar-refractivity contribution in [3.05, 3.63) is 4.88 Å². The second-order valence-corrected chi connectivity index (χ2v) is 6.36. The third-order valence-corrected chi connectivity index (χ3v) is 3.24. The van der Waals surface area contributed by atoms with Crippen molar-refractivity contribution < 1.29 is 4.79 Å². The van der Waals surface area contributed by atoms with Gasteiger partial charge in [-0.25, -0.2) is 4.98 Å². The summed E-state index contributed by atoms with van der Waals surface area (Å²) in [5.74, 6) is 0.198. The van der Waals surface area contributed by atoms with Crippen molar-refractivity contribution in [2.45, 2.75) is 45.2 Å². The van der Waals surface area contributed by atoms with Crippen LogP contribution in [0.2, 0.25) is 0 Å². The zero-order chi connectivity index (χ0) is 12.6. The highest BCUT2D eigenvalue weighted by Gasteiger charge is 2.26. The maximum absolute atomic E-state index is 11.8. The van der Waals surface area contributed by atoms with Crippen LogP contribution in [-0.2, 0) is 0 Å². The van der Waals surface area contributed by atoms with E-state index in [4.69, 9.17) is 5.73 Å². The number of anilines is 2. The summed E-state index contributed by atoms with van der Waals surface area (Å²) < 4.78 is 0. The highest BCUT2D eigenvalue weighted by molar-refractivity contribution is 7.18. The lowest BCUT2D eigenvalue weighted by atomic mass is 10.1. The molecular weight excluding hydrogens is 236 g/mol. The van der Waals surface area contributed by atoms with Gasteiger partial charge in [-0.2, -0.15) is 0 Å². The molecule has 0 aliphatic heterocycles. The maximum atomic E-state index is 11.8. The number of carbonyl (C=O) groups is 1. The van der Waals surface area contributed by atoms with Crippen LogP contribution < -0.4 is 16.4 Å². The van der Waals surface area contributed by atoms with Crippen molar-refractivity contribution in [2.75, 3.05) is 11.1 Å². The predicted molar refractivity (Wildman–Crippen MR) is 70.4 cm³/mol. The third kappa shape index (κ3) is 3.33. The first-order valence-corrected chi connectivity index (χ1v) is 6.52. The molecule has 1 amide bonds. The Morgan fingerprint density at radius 2 is 2.12 bits per heavy atom. The van der Waals surface area contributed by atoms with E-state index in [2.05, 4.69) is 15.6 Å². The van der Waals surface area contributed by atoms with Crippen molar-refractivity contribution in [2.24, 2.45) is 0 Å². The fourth-order valence-corrected chi connectivity index (χ4v) is 2.34. The van der Waals surface area contributed by atoms with Gasteiger partial charge in [0.15, 0.2) is 5.13 Å². The van der Waals surface area contributed by atoms with Crippen LogP contribution >= 0.6 is 11.3 Å². The first-order valence-electron chi connectivity index (χ1n) is 5.70. The Labute approximate surface area is 105 Å². The maximum Gasteiger partial charge on any atom is 0.265 e. The van der Waals surface area contributed by atoms with E-state index in [1.807, 2.05) is 20.8 Å². The molecule has 0 saturated heterocycles. The largest absolute Gasteiger partial charge is 0.382 e. The van der Waals surface area contributed by atoms with Gasteiger partial charge in [-0.05, 0) is 33.6 Å². The van der Waals surface area contributed by atoms with Gasteiger partial charge in [0.05, 0.1) is 0 Å². The molecule has 1 aromatic heterocycles. The highest BCUT2D eigenvalue weighted by atomic mass is 32.1. The van der Waals surface area contributed by atoms with Crippen LogP contribution in [0.1, 0.15) is 43.3 Å². The van der Waals surface area contributed by atoms with Gasteiger partial charge in [-0.1, -0.05) is 11.3 Å². The molecule has 0 atom stereocenters. The van der Waals surface area contributed by atoms with E-state index in [0.717, 1.165) is 12.8 Å². The quantitative estimate of drug-likeness (QED) is 0.768. The molecule has 1 heterocycles. The lowest BCUT2D eigenvalue weighted by Crippen LogP contribution is -2.26. The molecule has 2 rings (SSSR count). The second kappa shape index (κ2) is 4.18. The average Bonchev–Trinajstić information content (AvgIpc) is 2.88. The van der Waals surface area contributed by atoms with Crippen LogP contribution in [0.4, 0.5) is 10.9 Å². The van der Waals surface area contributed by atoms with Gasteiger partial charge < -0.3 is 16.4 Å². The minimum atomic E-state index is -0.107. The molecule has 5 nitrogen and oxygen atoms in total. The van der Waals surface area contributed by atoms with Gasteiger partial charge in [0, 0.05) is 11.6 Å². The summed E-state index contributed by atoms with van der Waals surface area (Å²) in [5.41, 5.74) is 5.67. The van der Waals surface area contributed by atoms with E-state index in [1.165, 1.54) is 11.3 Å². The molecule has 1 aromatic rings. The average molecular weight is 254 g/mol. The van der Waals surface area contributed by atoms with Gasteiger partial charge in [-0.15, -0.1) is 0 Å². The van der Waals surface area contributed by atoms with Crippen LogP contribution in [0.5, 0.6) is 0 Å². The Hall–Kier alpha value is -1.30. The molecule has 94 valence electrons. The van der Waals surface area contributed by atoms with E-state index in [0.29, 0.717) is 21.9 Å². The van der Waals surface area contributed by atoms with E-state index in [9.17, 15) is 4.79 Å².